The summed E-state index contributed by atoms with van der Waals surface area (Å²) in [6.45, 7) is 2.13. The first kappa shape index (κ1) is 9.72. The van der Waals surface area contributed by atoms with Crippen molar-refractivity contribution in [2.45, 2.75) is 19.8 Å². The normalized spacial score (nSPS) is 24.7. The molecule has 0 radical (unpaired) electrons. The van der Waals surface area contributed by atoms with Crippen molar-refractivity contribution >= 4 is 17.4 Å². The largest absolute Gasteiger partial charge is 0.294 e. The molecule has 0 unspecified atom stereocenters. The minimum atomic E-state index is 0.262. The maximum Gasteiger partial charge on any atom is 0.166 e. The van der Waals surface area contributed by atoms with E-state index in [0.717, 1.165) is 18.4 Å². The van der Waals surface area contributed by atoms with Crippen molar-refractivity contribution in [3.8, 4) is 0 Å². The summed E-state index contributed by atoms with van der Waals surface area (Å²) in [4.78, 5) is 11.9. The second kappa shape index (κ2) is 3.74. The second-order valence-electron chi connectivity index (χ2n) is 3.89. The highest BCUT2D eigenvalue weighted by Gasteiger charge is 2.41. The lowest BCUT2D eigenvalue weighted by Gasteiger charge is -1.99. The number of hydrogen-bond acceptors (Lipinski definition) is 1. The number of rotatable bonds is 3. The molecule has 0 amide bonds. The van der Waals surface area contributed by atoms with Crippen LogP contribution in [0.4, 0.5) is 0 Å². The zero-order valence-electron chi connectivity index (χ0n) is 8.16. The zero-order chi connectivity index (χ0) is 10.1. The third-order valence-corrected chi connectivity index (χ3v) is 3.13. The summed E-state index contributed by atoms with van der Waals surface area (Å²) < 4.78 is 0. The van der Waals surface area contributed by atoms with Gasteiger partial charge in [-0.3, -0.25) is 4.79 Å². The van der Waals surface area contributed by atoms with Crippen molar-refractivity contribution in [3.63, 3.8) is 0 Å². The van der Waals surface area contributed by atoms with Crippen LogP contribution in [0.3, 0.4) is 0 Å². The zero-order valence-corrected chi connectivity index (χ0v) is 8.92. The number of Topliss-reactive ketones (excluding diaryl/α,β-unsaturated/α-hetero) is 1. The number of hydrogen-bond donors (Lipinski definition) is 0. The van der Waals surface area contributed by atoms with Gasteiger partial charge in [0.2, 0.25) is 0 Å². The number of carbonyl (C=O) groups excluding carboxylic acids is 1. The molecule has 0 aliphatic heterocycles. The Balaban J connectivity index is 2.13. The summed E-state index contributed by atoms with van der Waals surface area (Å²) in [6, 6.07) is 7.23. The standard InChI is InChI=1S/C12H13ClO/c1-2-8-7-11(8)12(14)9-4-3-5-10(13)6-9/h3-6,8,11H,2,7H2,1H3/t8-,11-/m1/s1. The van der Waals surface area contributed by atoms with Gasteiger partial charge in [0.1, 0.15) is 0 Å². The summed E-state index contributed by atoms with van der Waals surface area (Å²) in [6.07, 6.45) is 2.17. The third-order valence-electron chi connectivity index (χ3n) is 2.89. The molecule has 1 aromatic rings. The smallest absolute Gasteiger partial charge is 0.166 e. The number of carbonyl (C=O) groups is 1. The molecule has 1 aliphatic carbocycles. The van der Waals surface area contributed by atoms with Crippen LogP contribution in [0.15, 0.2) is 24.3 Å². The first-order valence-corrected chi connectivity index (χ1v) is 5.40. The number of benzene rings is 1. The van der Waals surface area contributed by atoms with Crippen molar-refractivity contribution in [1.82, 2.24) is 0 Å². The first-order valence-electron chi connectivity index (χ1n) is 5.02. The van der Waals surface area contributed by atoms with Gasteiger partial charge in [0.25, 0.3) is 0 Å². The molecule has 0 bridgehead atoms. The summed E-state index contributed by atoms with van der Waals surface area (Å²) in [5.74, 6) is 1.14. The molecule has 1 fully saturated rings. The molecule has 0 spiro atoms. The number of ketones is 1. The minimum absolute atomic E-state index is 0.262. The Morgan fingerprint density at radius 3 is 2.93 bits per heavy atom. The highest BCUT2D eigenvalue weighted by molar-refractivity contribution is 6.31. The molecule has 1 nitrogen and oxygen atoms in total. The van der Waals surface area contributed by atoms with Crippen molar-refractivity contribution in [2.75, 3.05) is 0 Å². The molecule has 1 saturated carbocycles. The van der Waals surface area contributed by atoms with Gasteiger partial charge in [0.15, 0.2) is 5.78 Å². The van der Waals surface area contributed by atoms with E-state index in [4.69, 9.17) is 11.6 Å². The van der Waals surface area contributed by atoms with Crippen molar-refractivity contribution in [1.29, 1.82) is 0 Å². The molecule has 0 heterocycles. The van der Waals surface area contributed by atoms with Crippen LogP contribution >= 0.6 is 11.6 Å². The summed E-state index contributed by atoms with van der Waals surface area (Å²) in [7, 11) is 0. The van der Waals surface area contributed by atoms with Gasteiger partial charge in [-0.05, 0) is 24.5 Å². The Kier molecular flexibility index (Phi) is 2.60. The van der Waals surface area contributed by atoms with Gasteiger partial charge in [-0.25, -0.2) is 0 Å². The van der Waals surface area contributed by atoms with E-state index in [-0.39, 0.29) is 11.7 Å². The van der Waals surface area contributed by atoms with Gasteiger partial charge in [-0.15, -0.1) is 0 Å². The molecule has 0 aromatic heterocycles. The molecule has 2 rings (SSSR count). The molecule has 1 aliphatic rings. The summed E-state index contributed by atoms with van der Waals surface area (Å²) in [5.41, 5.74) is 0.762. The van der Waals surface area contributed by atoms with E-state index >= 15 is 0 Å². The van der Waals surface area contributed by atoms with E-state index in [1.807, 2.05) is 12.1 Å². The van der Waals surface area contributed by atoms with Crippen molar-refractivity contribution < 1.29 is 4.79 Å². The van der Waals surface area contributed by atoms with Crippen LogP contribution in [-0.4, -0.2) is 5.78 Å². The van der Waals surface area contributed by atoms with Gasteiger partial charge < -0.3 is 0 Å². The van der Waals surface area contributed by atoms with E-state index in [0.29, 0.717) is 10.9 Å². The fourth-order valence-electron chi connectivity index (χ4n) is 1.88. The first-order chi connectivity index (χ1) is 6.72. The van der Waals surface area contributed by atoms with Crippen LogP contribution in [0, 0.1) is 11.8 Å². The minimum Gasteiger partial charge on any atom is -0.294 e. The van der Waals surface area contributed by atoms with Crippen LogP contribution in [-0.2, 0) is 0 Å². The molecule has 2 atom stereocenters. The number of halogens is 1. The quantitative estimate of drug-likeness (QED) is 0.695. The third kappa shape index (κ3) is 1.83. The van der Waals surface area contributed by atoms with Crippen LogP contribution in [0.25, 0.3) is 0 Å². The predicted molar refractivity (Wildman–Crippen MR) is 57.7 cm³/mol. The molecule has 74 valence electrons. The monoisotopic (exact) mass is 208 g/mol. The molecule has 0 saturated heterocycles. The average molecular weight is 209 g/mol. The Bertz CT molecular complexity index is 359. The highest BCUT2D eigenvalue weighted by atomic mass is 35.5. The average Bonchev–Trinajstić information content (AvgIpc) is 2.95. The summed E-state index contributed by atoms with van der Waals surface area (Å²) in [5, 5.41) is 0.643. The van der Waals surface area contributed by atoms with Crippen LogP contribution in [0.5, 0.6) is 0 Å². The highest BCUT2D eigenvalue weighted by Crippen LogP contribution is 2.43. The van der Waals surface area contributed by atoms with Gasteiger partial charge in [-0.2, -0.15) is 0 Å². The van der Waals surface area contributed by atoms with Crippen LogP contribution < -0.4 is 0 Å². The fourth-order valence-corrected chi connectivity index (χ4v) is 2.07. The Hall–Kier alpha value is -0.820. The predicted octanol–water partition coefficient (Wildman–Crippen LogP) is 3.57. The van der Waals surface area contributed by atoms with Crippen molar-refractivity contribution in [3.05, 3.63) is 34.9 Å². The van der Waals surface area contributed by atoms with Gasteiger partial charge in [0, 0.05) is 16.5 Å². The van der Waals surface area contributed by atoms with Gasteiger partial charge in [0.05, 0.1) is 0 Å². The van der Waals surface area contributed by atoms with Crippen LogP contribution in [0.1, 0.15) is 30.1 Å². The lowest BCUT2D eigenvalue weighted by molar-refractivity contribution is 0.0961. The lowest BCUT2D eigenvalue weighted by Crippen LogP contribution is -2.02. The Morgan fingerprint density at radius 2 is 2.36 bits per heavy atom. The van der Waals surface area contributed by atoms with Crippen LogP contribution in [0.2, 0.25) is 5.02 Å². The SMILES string of the molecule is CC[C@@H]1C[C@H]1C(=O)c1cccc(Cl)c1. The van der Waals surface area contributed by atoms with Gasteiger partial charge in [-0.1, -0.05) is 37.1 Å². The summed E-state index contributed by atoms with van der Waals surface area (Å²) >= 11 is 5.83. The Labute approximate surface area is 89.1 Å². The fraction of sp³-hybridized carbons (Fsp3) is 0.417. The molecular formula is C12H13ClO. The maximum atomic E-state index is 11.9. The van der Waals surface area contributed by atoms with Crippen molar-refractivity contribution in [2.24, 2.45) is 11.8 Å². The van der Waals surface area contributed by atoms with E-state index in [9.17, 15) is 4.79 Å². The molecule has 14 heavy (non-hydrogen) atoms. The lowest BCUT2D eigenvalue weighted by atomic mass is 10.1. The molecule has 1 aromatic carbocycles. The van der Waals surface area contributed by atoms with E-state index in [1.54, 1.807) is 12.1 Å². The topological polar surface area (TPSA) is 17.1 Å². The van der Waals surface area contributed by atoms with E-state index in [2.05, 4.69) is 6.92 Å². The molecule has 2 heteroatoms. The Morgan fingerprint density at radius 1 is 1.57 bits per heavy atom. The second-order valence-corrected chi connectivity index (χ2v) is 4.32. The maximum absolute atomic E-state index is 11.9. The van der Waals surface area contributed by atoms with Gasteiger partial charge >= 0.3 is 0 Å². The van der Waals surface area contributed by atoms with E-state index in [1.165, 1.54) is 0 Å². The molecule has 0 N–H and O–H groups in total. The van der Waals surface area contributed by atoms with E-state index < -0.39 is 0 Å². The molecular weight excluding hydrogens is 196 g/mol.